The van der Waals surface area contributed by atoms with E-state index in [9.17, 15) is 9.36 Å². The molecule has 3 heterocycles. The minimum atomic E-state index is -4.67. The minimum absolute atomic E-state index is 0.0817. The van der Waals surface area contributed by atoms with Crippen molar-refractivity contribution in [3.8, 4) is 0 Å². The normalized spacial score (nSPS) is 23.6. The van der Waals surface area contributed by atoms with Gasteiger partial charge in [-0.1, -0.05) is 0 Å². The molecule has 27 heavy (non-hydrogen) atoms. The molecule has 0 spiro atoms. The van der Waals surface area contributed by atoms with Gasteiger partial charge in [0, 0.05) is 0 Å². The SMILES string of the molecule is Nc1nc2c(c(=O)[nH]1)NC1C([S-])=C([S-])C(COP(=O)(O)O)OC1N2.[O]=[Mo+2]=[S]. The number of phosphoric ester groups is 1. The number of aromatic nitrogens is 2. The summed E-state index contributed by atoms with van der Waals surface area (Å²) in [4.78, 5) is 36.3. The number of nitrogens with two attached hydrogens (primary N) is 1. The molecule has 0 saturated carbocycles. The Hall–Kier alpha value is -0.762. The number of aromatic amines is 1. The third kappa shape index (κ3) is 5.62. The van der Waals surface area contributed by atoms with Crippen molar-refractivity contribution in [1.82, 2.24) is 9.97 Å². The number of anilines is 3. The number of hydrogen-bond acceptors (Lipinski definition) is 12. The molecule has 2 aliphatic heterocycles. The second-order valence-corrected chi connectivity index (χ2v) is 8.33. The summed E-state index contributed by atoms with van der Waals surface area (Å²) in [7, 11) is -0.707. The first-order valence-electron chi connectivity index (χ1n) is 6.85. The van der Waals surface area contributed by atoms with Crippen molar-refractivity contribution in [2.45, 2.75) is 18.4 Å². The predicted octanol–water partition coefficient (Wildman–Crippen LogP) is -0.775. The molecule has 0 aromatic carbocycles. The van der Waals surface area contributed by atoms with Crippen LogP contribution in [0.2, 0.25) is 0 Å². The van der Waals surface area contributed by atoms with Gasteiger partial charge in [-0.3, -0.25) is 14.3 Å². The zero-order valence-electron chi connectivity index (χ0n) is 13.0. The molecule has 0 amide bonds. The van der Waals surface area contributed by atoms with E-state index in [2.05, 4.69) is 34.9 Å². The molecule has 0 bridgehead atoms. The first-order chi connectivity index (χ1) is 12.6. The van der Waals surface area contributed by atoms with E-state index in [4.69, 9.17) is 48.9 Å². The van der Waals surface area contributed by atoms with Gasteiger partial charge in [0.15, 0.2) is 12.0 Å². The number of nitrogens with zero attached hydrogens (tertiary/aromatic N) is 1. The molecule has 0 fully saturated rings. The average Bonchev–Trinajstić information content (AvgIpc) is 2.55. The van der Waals surface area contributed by atoms with Gasteiger partial charge in [-0.15, -0.1) is 0 Å². The van der Waals surface area contributed by atoms with E-state index >= 15 is 0 Å². The molecule has 3 atom stereocenters. The molecule has 7 N–H and O–H groups in total. The van der Waals surface area contributed by atoms with Crippen LogP contribution in [-0.2, 0) is 59.2 Å². The number of rotatable bonds is 3. The van der Waals surface area contributed by atoms with Gasteiger partial charge in [-0.25, -0.2) is 4.57 Å². The molecular weight excluding hydrogens is 525 g/mol. The van der Waals surface area contributed by atoms with E-state index in [1.54, 1.807) is 0 Å². The van der Waals surface area contributed by atoms with Crippen LogP contribution in [0, 0.1) is 0 Å². The second kappa shape index (κ2) is 9.16. The van der Waals surface area contributed by atoms with Crippen molar-refractivity contribution < 1.29 is 43.7 Å². The summed E-state index contributed by atoms with van der Waals surface area (Å²) < 4.78 is 29.8. The summed E-state index contributed by atoms with van der Waals surface area (Å²) in [5, 5.41) is 5.76. The summed E-state index contributed by atoms with van der Waals surface area (Å²) in [6, 6.07) is -0.627. The van der Waals surface area contributed by atoms with Crippen molar-refractivity contribution in [2.75, 3.05) is 23.0 Å². The number of ether oxygens (including phenoxy) is 1. The molecule has 12 nitrogen and oxygen atoms in total. The van der Waals surface area contributed by atoms with Crippen LogP contribution in [0.3, 0.4) is 0 Å². The van der Waals surface area contributed by atoms with E-state index in [0.29, 0.717) is 0 Å². The second-order valence-electron chi connectivity index (χ2n) is 5.07. The van der Waals surface area contributed by atoms with Crippen molar-refractivity contribution in [1.29, 1.82) is 0 Å². The van der Waals surface area contributed by atoms with E-state index in [0.717, 1.165) is 0 Å². The van der Waals surface area contributed by atoms with Crippen LogP contribution in [-0.4, -0.2) is 44.7 Å². The Morgan fingerprint density at radius 2 is 2.00 bits per heavy atom. The third-order valence-electron chi connectivity index (χ3n) is 3.34. The molecule has 3 unspecified atom stereocenters. The Morgan fingerprint density at radius 3 is 2.59 bits per heavy atom. The molecule has 17 heteroatoms. The monoisotopic (exact) mass is 539 g/mol. The Kier molecular flexibility index (Phi) is 7.64. The van der Waals surface area contributed by atoms with Gasteiger partial charge in [-0.05, 0) is 0 Å². The summed E-state index contributed by atoms with van der Waals surface area (Å²) in [5.74, 6) is 0.0876. The van der Waals surface area contributed by atoms with Crippen LogP contribution in [0.1, 0.15) is 0 Å². The van der Waals surface area contributed by atoms with Crippen molar-refractivity contribution in [3.05, 3.63) is 20.2 Å². The van der Waals surface area contributed by atoms with Gasteiger partial charge in [0.25, 0.3) is 5.56 Å². The Labute approximate surface area is 175 Å². The van der Waals surface area contributed by atoms with Gasteiger partial charge < -0.3 is 56.1 Å². The number of nitrogens with one attached hydrogen (secondary N) is 3. The molecule has 0 aliphatic carbocycles. The predicted molar refractivity (Wildman–Crippen MR) is 97.0 cm³/mol. The number of hydrogen-bond donors (Lipinski definition) is 6. The summed E-state index contributed by atoms with van der Waals surface area (Å²) in [5.41, 5.74) is 5.15. The average molecular weight is 537 g/mol. The van der Waals surface area contributed by atoms with E-state index in [1.807, 2.05) is 0 Å². The van der Waals surface area contributed by atoms with E-state index in [-0.39, 0.29) is 27.3 Å². The topological polar surface area (TPSA) is 189 Å². The number of fused-ring (bicyclic) bond motifs is 2. The summed E-state index contributed by atoms with van der Waals surface area (Å²) in [6.45, 7) is -0.466. The molecule has 148 valence electrons. The number of H-pyrrole nitrogens is 1. The molecular formula is C10H12MoN5O7PS3. The first kappa shape index (κ1) is 22.5. The van der Waals surface area contributed by atoms with Gasteiger partial charge in [0.1, 0.15) is 5.69 Å². The van der Waals surface area contributed by atoms with Crippen molar-refractivity contribution >= 4 is 60.4 Å². The van der Waals surface area contributed by atoms with Crippen LogP contribution in [0.25, 0.3) is 0 Å². The van der Waals surface area contributed by atoms with Gasteiger partial charge in [0.05, 0.1) is 18.8 Å². The third-order valence-corrected chi connectivity index (χ3v) is 4.91. The molecule has 0 saturated heterocycles. The Balaban J connectivity index is 0.000000817. The quantitative estimate of drug-likeness (QED) is 0.160. The molecule has 1 aromatic heterocycles. The summed E-state index contributed by atoms with van der Waals surface area (Å²) in [6.07, 6.45) is -1.70. The molecule has 0 radical (unpaired) electrons. The molecule has 2 aliphatic rings. The maximum absolute atomic E-state index is 11.9. The van der Waals surface area contributed by atoms with Gasteiger partial charge in [0.2, 0.25) is 5.95 Å². The molecule has 1 aromatic rings. The first-order valence-corrected chi connectivity index (χ1v) is 12.8. The zero-order chi connectivity index (χ0) is 20.4. The van der Waals surface area contributed by atoms with E-state index < -0.39 is 55.1 Å². The zero-order valence-corrected chi connectivity index (χ0v) is 18.3. The Morgan fingerprint density at radius 1 is 1.37 bits per heavy atom. The standard InChI is InChI=1S/C10H14N5O6PS2.Mo.O.S/c11-10-14-7-4(8(16)15-10)12-3-6(24)5(23)2(21-9(3)13-7)1-20-22(17,18)19;;;/h2-3,9,12,23-24H,1H2,(H2,17,18,19)(H4,11,13,14,15,16);;;/q;+2;;/p-2. The van der Waals surface area contributed by atoms with Crippen LogP contribution in [0.4, 0.5) is 17.5 Å². The van der Waals surface area contributed by atoms with Crippen LogP contribution >= 0.6 is 17.6 Å². The number of nitrogen functional groups attached to an aromatic ring is 1. The fourth-order valence-corrected chi connectivity index (χ4v) is 3.22. The molecule has 3 rings (SSSR count). The van der Waals surface area contributed by atoms with Crippen LogP contribution in [0.15, 0.2) is 14.6 Å². The fourth-order valence-electron chi connectivity index (χ4n) is 2.32. The van der Waals surface area contributed by atoms with Crippen molar-refractivity contribution in [2.24, 2.45) is 0 Å². The van der Waals surface area contributed by atoms with Crippen LogP contribution in [0.5, 0.6) is 0 Å². The Bertz CT molecular complexity index is 902. The summed E-state index contributed by atoms with van der Waals surface area (Å²) >= 11 is 9.25. The van der Waals surface area contributed by atoms with E-state index in [1.165, 1.54) is 0 Å². The number of phosphoric acid groups is 1. The van der Waals surface area contributed by atoms with Crippen molar-refractivity contribution in [3.63, 3.8) is 0 Å². The van der Waals surface area contributed by atoms with Gasteiger partial charge in [-0.2, -0.15) is 14.8 Å². The maximum atomic E-state index is 11.9. The fraction of sp³-hybridized carbons (Fsp3) is 0.400. The van der Waals surface area contributed by atoms with Gasteiger partial charge >= 0.3 is 37.7 Å². The van der Waals surface area contributed by atoms with Crippen LogP contribution < -0.4 is 21.9 Å².